The van der Waals surface area contributed by atoms with E-state index >= 15 is 0 Å². The molecule has 3 nitrogen and oxygen atoms in total. The highest BCUT2D eigenvalue weighted by atomic mass is 35.5. The van der Waals surface area contributed by atoms with Gasteiger partial charge >= 0.3 is 0 Å². The summed E-state index contributed by atoms with van der Waals surface area (Å²) >= 11 is 5.95. The summed E-state index contributed by atoms with van der Waals surface area (Å²) in [7, 11) is 0. The molecule has 0 radical (unpaired) electrons. The van der Waals surface area contributed by atoms with Gasteiger partial charge in [0, 0.05) is 28.9 Å². The molecule has 0 saturated heterocycles. The van der Waals surface area contributed by atoms with E-state index in [2.05, 4.69) is 41.1 Å². The molecule has 0 spiro atoms. The molecule has 112 valence electrons. The van der Waals surface area contributed by atoms with Crippen LogP contribution in [0.1, 0.15) is 49.4 Å². The summed E-state index contributed by atoms with van der Waals surface area (Å²) in [6, 6.07) is 8.73. The van der Waals surface area contributed by atoms with Crippen molar-refractivity contribution >= 4 is 11.6 Å². The third-order valence-electron chi connectivity index (χ3n) is 3.91. The Balaban J connectivity index is 1.78. The van der Waals surface area contributed by atoms with E-state index in [4.69, 9.17) is 11.6 Å². The molecule has 0 aliphatic heterocycles. The van der Waals surface area contributed by atoms with E-state index in [1.54, 1.807) is 0 Å². The molecule has 1 N–H and O–H groups in total. The van der Waals surface area contributed by atoms with Crippen molar-refractivity contribution in [2.24, 2.45) is 0 Å². The zero-order valence-corrected chi connectivity index (χ0v) is 13.4. The van der Waals surface area contributed by atoms with E-state index in [1.807, 2.05) is 18.3 Å². The van der Waals surface area contributed by atoms with Crippen LogP contribution in [0.3, 0.4) is 0 Å². The van der Waals surface area contributed by atoms with Gasteiger partial charge in [-0.3, -0.25) is 4.68 Å². The molecule has 1 aliphatic rings. The van der Waals surface area contributed by atoms with Gasteiger partial charge in [-0.25, -0.2) is 0 Å². The molecule has 1 aromatic carbocycles. The van der Waals surface area contributed by atoms with E-state index in [9.17, 15) is 0 Å². The minimum absolute atomic E-state index is 0.468. The lowest BCUT2D eigenvalue weighted by molar-refractivity contribution is 0.606. The summed E-state index contributed by atoms with van der Waals surface area (Å²) in [5.74, 6) is 0.468. The van der Waals surface area contributed by atoms with Crippen molar-refractivity contribution in [2.45, 2.75) is 51.7 Å². The van der Waals surface area contributed by atoms with Gasteiger partial charge in [0.25, 0.3) is 0 Å². The topological polar surface area (TPSA) is 29.9 Å². The maximum atomic E-state index is 5.95. The molecule has 1 saturated carbocycles. The lowest BCUT2D eigenvalue weighted by Crippen LogP contribution is -2.17. The maximum absolute atomic E-state index is 5.95. The fourth-order valence-corrected chi connectivity index (χ4v) is 2.80. The SMILES string of the molecule is CC(C)c1c(CNC2CC2)cnn1Cc1ccc(Cl)cc1. The number of benzene rings is 1. The Hall–Kier alpha value is -1.32. The first kappa shape index (κ1) is 14.6. The van der Waals surface area contributed by atoms with Crippen LogP contribution in [0, 0.1) is 0 Å². The van der Waals surface area contributed by atoms with Crippen LogP contribution >= 0.6 is 11.6 Å². The lowest BCUT2D eigenvalue weighted by Gasteiger charge is -2.13. The normalized spacial score (nSPS) is 14.9. The minimum Gasteiger partial charge on any atom is -0.310 e. The van der Waals surface area contributed by atoms with Crippen LogP contribution in [0.2, 0.25) is 5.02 Å². The zero-order chi connectivity index (χ0) is 14.8. The second kappa shape index (κ2) is 6.20. The van der Waals surface area contributed by atoms with Gasteiger partial charge in [0.1, 0.15) is 0 Å². The Kier molecular flexibility index (Phi) is 4.32. The molecule has 3 rings (SSSR count). The van der Waals surface area contributed by atoms with E-state index in [1.165, 1.54) is 29.7 Å². The van der Waals surface area contributed by atoms with Gasteiger partial charge in [-0.1, -0.05) is 37.6 Å². The van der Waals surface area contributed by atoms with Gasteiger partial charge in [0.15, 0.2) is 0 Å². The molecule has 4 heteroatoms. The third kappa shape index (κ3) is 3.66. The summed E-state index contributed by atoms with van der Waals surface area (Å²) in [5.41, 5.74) is 3.88. The number of rotatable bonds is 6. The molecule has 1 fully saturated rings. The number of nitrogens with one attached hydrogen (secondary N) is 1. The van der Waals surface area contributed by atoms with Crippen LogP contribution in [0.5, 0.6) is 0 Å². The van der Waals surface area contributed by atoms with Gasteiger partial charge in [0.05, 0.1) is 12.7 Å². The van der Waals surface area contributed by atoms with Crippen LogP contribution in [-0.4, -0.2) is 15.8 Å². The third-order valence-corrected chi connectivity index (χ3v) is 4.16. The second-order valence-electron chi connectivity index (χ2n) is 6.15. The Bertz CT molecular complexity index is 597. The van der Waals surface area contributed by atoms with E-state index in [0.717, 1.165) is 24.2 Å². The first-order valence-electron chi connectivity index (χ1n) is 7.66. The predicted octanol–water partition coefficient (Wildman–Crippen LogP) is 3.96. The first-order chi connectivity index (χ1) is 10.1. The number of hydrogen-bond acceptors (Lipinski definition) is 2. The van der Waals surface area contributed by atoms with Crippen LogP contribution < -0.4 is 5.32 Å². The van der Waals surface area contributed by atoms with Crippen molar-refractivity contribution < 1.29 is 0 Å². The molecule has 1 aromatic heterocycles. The summed E-state index contributed by atoms with van der Waals surface area (Å²) in [4.78, 5) is 0. The fourth-order valence-electron chi connectivity index (χ4n) is 2.67. The molecule has 0 unspecified atom stereocenters. The Labute approximate surface area is 131 Å². The second-order valence-corrected chi connectivity index (χ2v) is 6.59. The van der Waals surface area contributed by atoms with Crippen LogP contribution in [0.15, 0.2) is 30.5 Å². The molecule has 21 heavy (non-hydrogen) atoms. The standard InChI is InChI=1S/C17H22ClN3/c1-12(2)17-14(9-19-16-7-8-16)10-20-21(17)11-13-3-5-15(18)6-4-13/h3-6,10,12,16,19H,7-9,11H2,1-2H3. The quantitative estimate of drug-likeness (QED) is 0.875. The van der Waals surface area contributed by atoms with Crippen molar-refractivity contribution in [1.82, 2.24) is 15.1 Å². The largest absolute Gasteiger partial charge is 0.310 e. The Morgan fingerprint density at radius 1 is 1.29 bits per heavy atom. The Morgan fingerprint density at radius 3 is 2.62 bits per heavy atom. The number of nitrogens with zero attached hydrogens (tertiary/aromatic N) is 2. The summed E-state index contributed by atoms with van der Waals surface area (Å²) in [6.45, 7) is 6.19. The molecular weight excluding hydrogens is 282 g/mol. The smallest absolute Gasteiger partial charge is 0.0662 e. The molecule has 0 bridgehead atoms. The minimum atomic E-state index is 0.468. The van der Waals surface area contributed by atoms with Gasteiger partial charge in [-0.05, 0) is 36.5 Å². The van der Waals surface area contributed by atoms with Crippen LogP contribution in [-0.2, 0) is 13.1 Å². The molecule has 2 aromatic rings. The van der Waals surface area contributed by atoms with Crippen LogP contribution in [0.25, 0.3) is 0 Å². The molecule has 1 heterocycles. The summed E-state index contributed by atoms with van der Waals surface area (Å²) in [6.07, 6.45) is 4.65. The van der Waals surface area contributed by atoms with Crippen molar-refractivity contribution in [1.29, 1.82) is 0 Å². The van der Waals surface area contributed by atoms with Crippen molar-refractivity contribution in [3.05, 3.63) is 52.3 Å². The molecular formula is C17H22ClN3. The number of hydrogen-bond donors (Lipinski definition) is 1. The zero-order valence-electron chi connectivity index (χ0n) is 12.6. The molecule has 0 atom stereocenters. The average Bonchev–Trinajstić information content (AvgIpc) is 3.20. The lowest BCUT2D eigenvalue weighted by atomic mass is 10.1. The van der Waals surface area contributed by atoms with E-state index in [-0.39, 0.29) is 0 Å². The van der Waals surface area contributed by atoms with Crippen molar-refractivity contribution in [3.63, 3.8) is 0 Å². The Morgan fingerprint density at radius 2 is 2.00 bits per heavy atom. The fraction of sp³-hybridized carbons (Fsp3) is 0.471. The monoisotopic (exact) mass is 303 g/mol. The van der Waals surface area contributed by atoms with E-state index < -0.39 is 0 Å². The summed E-state index contributed by atoms with van der Waals surface area (Å²) in [5, 5.41) is 8.95. The van der Waals surface area contributed by atoms with Crippen LogP contribution in [0.4, 0.5) is 0 Å². The average molecular weight is 304 g/mol. The number of halogens is 1. The number of aromatic nitrogens is 2. The van der Waals surface area contributed by atoms with Crippen molar-refractivity contribution in [2.75, 3.05) is 0 Å². The summed E-state index contributed by atoms with van der Waals surface area (Å²) < 4.78 is 2.12. The highest BCUT2D eigenvalue weighted by Crippen LogP contribution is 2.23. The van der Waals surface area contributed by atoms with E-state index in [0.29, 0.717) is 5.92 Å². The van der Waals surface area contributed by atoms with Gasteiger partial charge in [-0.15, -0.1) is 0 Å². The van der Waals surface area contributed by atoms with Gasteiger partial charge < -0.3 is 5.32 Å². The first-order valence-corrected chi connectivity index (χ1v) is 8.03. The highest BCUT2D eigenvalue weighted by molar-refractivity contribution is 6.30. The molecule has 1 aliphatic carbocycles. The highest BCUT2D eigenvalue weighted by Gasteiger charge is 2.22. The predicted molar refractivity (Wildman–Crippen MR) is 86.7 cm³/mol. The maximum Gasteiger partial charge on any atom is 0.0662 e. The van der Waals surface area contributed by atoms with Gasteiger partial charge in [-0.2, -0.15) is 5.10 Å². The van der Waals surface area contributed by atoms with Gasteiger partial charge in [0.2, 0.25) is 0 Å². The molecule has 0 amide bonds. The van der Waals surface area contributed by atoms with Crippen molar-refractivity contribution in [3.8, 4) is 0 Å².